The van der Waals surface area contributed by atoms with Gasteiger partial charge in [-0.3, -0.25) is 4.90 Å². The highest BCUT2D eigenvalue weighted by atomic mass is 15.3. The van der Waals surface area contributed by atoms with Gasteiger partial charge in [0.05, 0.1) is 0 Å². The summed E-state index contributed by atoms with van der Waals surface area (Å²) in [5.74, 6) is 0.796. The van der Waals surface area contributed by atoms with Crippen molar-refractivity contribution < 1.29 is 0 Å². The zero-order valence-electron chi connectivity index (χ0n) is 12.7. The SMILES string of the molecule is CC(C)CN1CCN(C2CCCNC2(C)C)CC1. The van der Waals surface area contributed by atoms with E-state index < -0.39 is 0 Å². The number of hydrogen-bond acceptors (Lipinski definition) is 3. The van der Waals surface area contributed by atoms with Crippen molar-refractivity contribution in [3.63, 3.8) is 0 Å². The van der Waals surface area contributed by atoms with Gasteiger partial charge in [-0.2, -0.15) is 0 Å². The Bertz CT molecular complexity index is 254. The minimum atomic E-state index is 0.290. The molecule has 2 saturated heterocycles. The van der Waals surface area contributed by atoms with Crippen LogP contribution in [0.15, 0.2) is 0 Å². The van der Waals surface area contributed by atoms with Crippen LogP contribution in [-0.4, -0.2) is 60.6 Å². The summed E-state index contributed by atoms with van der Waals surface area (Å²) in [7, 11) is 0. The largest absolute Gasteiger partial charge is 0.310 e. The van der Waals surface area contributed by atoms with E-state index in [4.69, 9.17) is 0 Å². The predicted molar refractivity (Wildman–Crippen MR) is 78.0 cm³/mol. The van der Waals surface area contributed by atoms with E-state index in [1.165, 1.54) is 52.1 Å². The fourth-order valence-corrected chi connectivity index (χ4v) is 3.60. The smallest absolute Gasteiger partial charge is 0.0280 e. The normalized spacial score (nSPS) is 30.8. The maximum atomic E-state index is 3.69. The molecule has 0 aromatic heterocycles. The number of piperidine rings is 1. The van der Waals surface area contributed by atoms with Crippen LogP contribution < -0.4 is 5.32 Å². The van der Waals surface area contributed by atoms with Crippen LogP contribution in [-0.2, 0) is 0 Å². The Hall–Kier alpha value is -0.120. The molecule has 2 rings (SSSR count). The van der Waals surface area contributed by atoms with Crippen LogP contribution in [0.3, 0.4) is 0 Å². The molecule has 2 aliphatic rings. The van der Waals surface area contributed by atoms with Gasteiger partial charge in [0.25, 0.3) is 0 Å². The van der Waals surface area contributed by atoms with Crippen molar-refractivity contribution in [1.29, 1.82) is 0 Å². The molecule has 1 unspecified atom stereocenters. The average molecular weight is 253 g/mol. The monoisotopic (exact) mass is 253 g/mol. The molecule has 1 atom stereocenters. The third-order valence-electron chi connectivity index (χ3n) is 4.54. The quantitative estimate of drug-likeness (QED) is 0.827. The van der Waals surface area contributed by atoms with E-state index >= 15 is 0 Å². The lowest BCUT2D eigenvalue weighted by molar-refractivity contribution is 0.0355. The van der Waals surface area contributed by atoms with Crippen molar-refractivity contribution in [3.05, 3.63) is 0 Å². The standard InChI is InChI=1S/C15H31N3/c1-13(2)12-17-8-10-18(11-9-17)14-6-5-7-16-15(14,3)4/h13-14,16H,5-12H2,1-4H3. The molecule has 0 aromatic carbocycles. The maximum Gasteiger partial charge on any atom is 0.0280 e. The predicted octanol–water partition coefficient (Wildman–Crippen LogP) is 1.79. The molecule has 0 radical (unpaired) electrons. The fourth-order valence-electron chi connectivity index (χ4n) is 3.60. The summed E-state index contributed by atoms with van der Waals surface area (Å²) in [4.78, 5) is 5.35. The molecule has 3 nitrogen and oxygen atoms in total. The lowest BCUT2D eigenvalue weighted by Gasteiger charge is -2.48. The molecule has 3 heteroatoms. The lowest BCUT2D eigenvalue weighted by Crippen LogP contribution is -2.63. The average Bonchev–Trinajstić information content (AvgIpc) is 2.29. The van der Waals surface area contributed by atoms with Gasteiger partial charge in [-0.05, 0) is 39.2 Å². The van der Waals surface area contributed by atoms with Crippen LogP contribution in [0.4, 0.5) is 0 Å². The third-order valence-corrected chi connectivity index (χ3v) is 4.54. The van der Waals surface area contributed by atoms with Crippen molar-refractivity contribution in [2.45, 2.75) is 52.1 Å². The number of hydrogen-bond donors (Lipinski definition) is 1. The Morgan fingerprint density at radius 3 is 2.39 bits per heavy atom. The summed E-state index contributed by atoms with van der Waals surface area (Å²) in [6.07, 6.45) is 2.70. The Morgan fingerprint density at radius 1 is 1.17 bits per heavy atom. The van der Waals surface area contributed by atoms with E-state index in [9.17, 15) is 0 Å². The molecular weight excluding hydrogens is 222 g/mol. The second-order valence-corrected chi connectivity index (χ2v) is 7.04. The highest BCUT2D eigenvalue weighted by molar-refractivity contribution is 4.97. The lowest BCUT2D eigenvalue weighted by atomic mass is 9.85. The van der Waals surface area contributed by atoms with Crippen molar-refractivity contribution in [2.24, 2.45) is 5.92 Å². The van der Waals surface area contributed by atoms with Crippen LogP contribution in [0, 0.1) is 5.92 Å². The summed E-state index contributed by atoms with van der Waals surface area (Å²) >= 11 is 0. The molecule has 0 spiro atoms. The highest BCUT2D eigenvalue weighted by Crippen LogP contribution is 2.25. The van der Waals surface area contributed by atoms with Gasteiger partial charge in [0.15, 0.2) is 0 Å². The van der Waals surface area contributed by atoms with Crippen LogP contribution in [0.2, 0.25) is 0 Å². The molecule has 106 valence electrons. The van der Waals surface area contributed by atoms with Crippen molar-refractivity contribution in [1.82, 2.24) is 15.1 Å². The van der Waals surface area contributed by atoms with Crippen molar-refractivity contribution >= 4 is 0 Å². The molecule has 0 amide bonds. The summed E-state index contributed by atoms with van der Waals surface area (Å²) < 4.78 is 0. The van der Waals surface area contributed by atoms with Gasteiger partial charge in [-0.25, -0.2) is 0 Å². The first-order valence-corrected chi connectivity index (χ1v) is 7.70. The molecule has 1 N–H and O–H groups in total. The van der Waals surface area contributed by atoms with Crippen LogP contribution >= 0.6 is 0 Å². The van der Waals surface area contributed by atoms with Crippen LogP contribution in [0.5, 0.6) is 0 Å². The number of rotatable bonds is 3. The molecule has 0 aromatic rings. The van der Waals surface area contributed by atoms with E-state index in [0.717, 1.165) is 12.0 Å². The molecule has 2 fully saturated rings. The minimum absolute atomic E-state index is 0.290. The first kappa shape index (κ1) is 14.3. The first-order valence-electron chi connectivity index (χ1n) is 7.70. The first-order chi connectivity index (χ1) is 8.49. The summed E-state index contributed by atoms with van der Waals surface area (Å²) in [5, 5.41) is 3.69. The summed E-state index contributed by atoms with van der Waals surface area (Å²) in [6, 6.07) is 0.729. The molecule has 2 aliphatic heterocycles. The Kier molecular flexibility index (Phi) is 4.68. The number of nitrogens with one attached hydrogen (secondary N) is 1. The highest BCUT2D eigenvalue weighted by Gasteiger charge is 2.36. The summed E-state index contributed by atoms with van der Waals surface area (Å²) in [6.45, 7) is 16.9. The fraction of sp³-hybridized carbons (Fsp3) is 1.00. The van der Waals surface area contributed by atoms with Crippen molar-refractivity contribution in [2.75, 3.05) is 39.3 Å². The molecule has 0 bridgehead atoms. The van der Waals surface area contributed by atoms with Gasteiger partial charge in [0.1, 0.15) is 0 Å². The third kappa shape index (κ3) is 3.46. The van der Waals surface area contributed by atoms with E-state index in [-0.39, 0.29) is 0 Å². The Balaban J connectivity index is 1.85. The van der Waals surface area contributed by atoms with Crippen LogP contribution in [0.25, 0.3) is 0 Å². The van der Waals surface area contributed by atoms with Crippen LogP contribution in [0.1, 0.15) is 40.5 Å². The Morgan fingerprint density at radius 2 is 1.83 bits per heavy atom. The van der Waals surface area contributed by atoms with Gasteiger partial charge >= 0.3 is 0 Å². The van der Waals surface area contributed by atoms with E-state index in [1.807, 2.05) is 0 Å². The molecular formula is C15H31N3. The number of nitrogens with zero attached hydrogens (tertiary/aromatic N) is 2. The molecule has 0 saturated carbocycles. The number of piperazine rings is 1. The van der Waals surface area contributed by atoms with Gasteiger partial charge in [0, 0.05) is 44.3 Å². The van der Waals surface area contributed by atoms with Gasteiger partial charge in [0.2, 0.25) is 0 Å². The zero-order chi connectivity index (χ0) is 13.2. The minimum Gasteiger partial charge on any atom is -0.310 e. The topological polar surface area (TPSA) is 18.5 Å². The van der Waals surface area contributed by atoms with Gasteiger partial charge in [-0.15, -0.1) is 0 Å². The van der Waals surface area contributed by atoms with E-state index in [1.54, 1.807) is 0 Å². The van der Waals surface area contributed by atoms with E-state index in [2.05, 4.69) is 42.8 Å². The Labute approximate surface area is 113 Å². The van der Waals surface area contributed by atoms with Gasteiger partial charge < -0.3 is 10.2 Å². The maximum absolute atomic E-state index is 3.69. The second kappa shape index (κ2) is 5.89. The van der Waals surface area contributed by atoms with E-state index in [0.29, 0.717) is 5.54 Å². The van der Waals surface area contributed by atoms with Gasteiger partial charge in [-0.1, -0.05) is 13.8 Å². The van der Waals surface area contributed by atoms with Crippen molar-refractivity contribution in [3.8, 4) is 0 Å². The summed E-state index contributed by atoms with van der Waals surface area (Å²) in [5.41, 5.74) is 0.290. The molecule has 0 aliphatic carbocycles. The molecule has 2 heterocycles. The second-order valence-electron chi connectivity index (χ2n) is 7.04. The molecule has 18 heavy (non-hydrogen) atoms. The zero-order valence-corrected chi connectivity index (χ0v) is 12.7.